The topological polar surface area (TPSA) is 70.6 Å². The number of carbonyl (C=O) groups excluding carboxylic acids is 3. The van der Waals surface area contributed by atoms with Gasteiger partial charge in [-0.2, -0.15) is 0 Å². The Bertz CT molecular complexity index is 1010. The van der Waals surface area contributed by atoms with Gasteiger partial charge in [0.15, 0.2) is 0 Å². The summed E-state index contributed by atoms with van der Waals surface area (Å²) in [5.74, 6) is -1.45. The van der Waals surface area contributed by atoms with Crippen LogP contribution < -0.4 is 0 Å². The molecule has 2 atom stereocenters. The van der Waals surface area contributed by atoms with Gasteiger partial charge in [-0.05, 0) is 55.0 Å². The number of benzene rings is 1. The zero-order chi connectivity index (χ0) is 22.7. The number of carbonyl (C=O) groups is 3. The van der Waals surface area contributed by atoms with Crippen LogP contribution in [0.2, 0.25) is 0 Å². The van der Waals surface area contributed by atoms with E-state index in [4.69, 9.17) is 0 Å². The average Bonchev–Trinajstić information content (AvgIpc) is 3.04. The highest BCUT2D eigenvalue weighted by atomic mass is 19.1. The lowest BCUT2D eigenvalue weighted by Gasteiger charge is -2.37. The van der Waals surface area contributed by atoms with Gasteiger partial charge in [-0.15, -0.1) is 0 Å². The van der Waals surface area contributed by atoms with Gasteiger partial charge in [-0.1, -0.05) is 25.1 Å². The zero-order valence-corrected chi connectivity index (χ0v) is 18.3. The molecule has 0 N–H and O–H groups in total. The molecule has 32 heavy (non-hydrogen) atoms. The molecule has 1 aromatic heterocycles. The summed E-state index contributed by atoms with van der Waals surface area (Å²) in [7, 11) is 0. The molecule has 0 saturated carbocycles. The van der Waals surface area contributed by atoms with Crippen molar-refractivity contribution >= 4 is 17.7 Å². The second kappa shape index (κ2) is 9.18. The smallest absolute Gasteiger partial charge is 0.241 e. The van der Waals surface area contributed by atoms with Crippen molar-refractivity contribution in [2.45, 2.75) is 63.5 Å². The molecule has 0 unspecified atom stereocenters. The van der Waals surface area contributed by atoms with E-state index in [-0.39, 0.29) is 37.2 Å². The lowest BCUT2D eigenvalue weighted by molar-refractivity contribution is -0.144. The SMILES string of the molecule is CC[C@H]1CCCCN1C(=O)C[C@]1(c2cccc(F)c2)CC(=O)N(Cc2cccnc2)C1=O. The van der Waals surface area contributed by atoms with Gasteiger partial charge in [-0.3, -0.25) is 24.3 Å². The molecule has 2 aliphatic rings. The highest BCUT2D eigenvalue weighted by molar-refractivity contribution is 6.10. The Morgan fingerprint density at radius 1 is 1.22 bits per heavy atom. The quantitative estimate of drug-likeness (QED) is 0.648. The Morgan fingerprint density at radius 2 is 2.06 bits per heavy atom. The molecular formula is C25H28FN3O3. The molecule has 3 amide bonds. The van der Waals surface area contributed by atoms with Crippen LogP contribution in [-0.2, 0) is 26.3 Å². The van der Waals surface area contributed by atoms with Crippen LogP contribution in [0.15, 0.2) is 48.8 Å². The van der Waals surface area contributed by atoms with Gasteiger partial charge in [0.2, 0.25) is 17.7 Å². The molecule has 3 heterocycles. The van der Waals surface area contributed by atoms with Crippen LogP contribution in [0.1, 0.15) is 56.6 Å². The molecule has 4 rings (SSSR count). The number of amides is 3. The van der Waals surface area contributed by atoms with Gasteiger partial charge in [0.05, 0.1) is 12.0 Å². The van der Waals surface area contributed by atoms with Crippen molar-refractivity contribution in [1.29, 1.82) is 0 Å². The van der Waals surface area contributed by atoms with Crippen molar-refractivity contribution in [2.24, 2.45) is 0 Å². The Labute approximate surface area is 187 Å². The van der Waals surface area contributed by atoms with Crippen molar-refractivity contribution in [3.8, 4) is 0 Å². The number of hydrogen-bond acceptors (Lipinski definition) is 4. The second-order valence-electron chi connectivity index (χ2n) is 8.74. The van der Waals surface area contributed by atoms with E-state index >= 15 is 0 Å². The van der Waals surface area contributed by atoms with E-state index in [9.17, 15) is 18.8 Å². The Balaban J connectivity index is 1.68. The lowest BCUT2D eigenvalue weighted by Crippen LogP contribution is -2.48. The monoisotopic (exact) mass is 437 g/mol. The summed E-state index contributed by atoms with van der Waals surface area (Å²) in [6, 6.07) is 9.41. The van der Waals surface area contributed by atoms with E-state index in [0.717, 1.165) is 31.2 Å². The molecule has 0 radical (unpaired) electrons. The van der Waals surface area contributed by atoms with Gasteiger partial charge in [-0.25, -0.2) is 4.39 Å². The summed E-state index contributed by atoms with van der Waals surface area (Å²) in [6.45, 7) is 2.79. The van der Waals surface area contributed by atoms with Gasteiger partial charge in [0.25, 0.3) is 0 Å². The third-order valence-electron chi connectivity index (χ3n) is 6.72. The standard InChI is InChI=1S/C25H28FN3O3/c1-2-21-10-3-4-12-28(21)22(30)14-25(19-8-5-9-20(26)13-19)15-23(31)29(24(25)32)17-18-7-6-11-27-16-18/h5-9,11,13,16,21H,2-4,10,12,14-15,17H2,1H3/t21-,25+/m0/s1. The Kier molecular flexibility index (Phi) is 6.35. The normalized spacial score (nSPS) is 23.6. The number of likely N-dealkylation sites (tertiary alicyclic amines) is 2. The molecule has 7 heteroatoms. The molecule has 2 aliphatic heterocycles. The fourth-order valence-corrected chi connectivity index (χ4v) is 5.00. The first-order valence-electron chi connectivity index (χ1n) is 11.2. The molecule has 0 bridgehead atoms. The van der Waals surface area contributed by atoms with E-state index in [1.807, 2.05) is 4.90 Å². The number of aromatic nitrogens is 1. The maximum Gasteiger partial charge on any atom is 0.241 e. The van der Waals surface area contributed by atoms with E-state index in [2.05, 4.69) is 11.9 Å². The van der Waals surface area contributed by atoms with E-state index in [1.54, 1.807) is 30.6 Å². The van der Waals surface area contributed by atoms with E-state index in [0.29, 0.717) is 12.1 Å². The minimum atomic E-state index is -1.39. The molecule has 2 fully saturated rings. The summed E-state index contributed by atoms with van der Waals surface area (Å²) < 4.78 is 14.2. The zero-order valence-electron chi connectivity index (χ0n) is 18.3. The maximum atomic E-state index is 14.2. The number of nitrogens with zero attached hydrogens (tertiary/aromatic N) is 3. The summed E-state index contributed by atoms with van der Waals surface area (Å²) in [5.41, 5.74) is -0.297. The van der Waals surface area contributed by atoms with Crippen molar-refractivity contribution in [1.82, 2.24) is 14.8 Å². The summed E-state index contributed by atoms with van der Waals surface area (Å²) in [6.07, 6.45) is 6.73. The Morgan fingerprint density at radius 3 is 2.78 bits per heavy atom. The second-order valence-corrected chi connectivity index (χ2v) is 8.74. The molecular weight excluding hydrogens is 409 g/mol. The molecule has 0 spiro atoms. The molecule has 1 aromatic carbocycles. The highest BCUT2D eigenvalue weighted by Crippen LogP contribution is 2.41. The molecule has 168 valence electrons. The highest BCUT2D eigenvalue weighted by Gasteiger charge is 2.54. The number of halogens is 1. The summed E-state index contributed by atoms with van der Waals surface area (Å²) in [5, 5.41) is 0. The molecule has 2 saturated heterocycles. The third-order valence-corrected chi connectivity index (χ3v) is 6.72. The van der Waals surface area contributed by atoms with Crippen LogP contribution >= 0.6 is 0 Å². The number of rotatable bonds is 6. The van der Waals surface area contributed by atoms with Crippen LogP contribution in [0.5, 0.6) is 0 Å². The molecule has 6 nitrogen and oxygen atoms in total. The first kappa shape index (κ1) is 22.1. The van der Waals surface area contributed by atoms with E-state index < -0.39 is 17.1 Å². The first-order valence-corrected chi connectivity index (χ1v) is 11.2. The van der Waals surface area contributed by atoms with Gasteiger partial charge in [0.1, 0.15) is 5.82 Å². The number of imide groups is 1. The fourth-order valence-electron chi connectivity index (χ4n) is 5.00. The number of pyridine rings is 1. The number of piperidine rings is 1. The van der Waals surface area contributed by atoms with Crippen LogP contribution in [0.4, 0.5) is 4.39 Å². The summed E-state index contributed by atoms with van der Waals surface area (Å²) in [4.78, 5) is 47.3. The number of hydrogen-bond donors (Lipinski definition) is 0. The molecule has 2 aromatic rings. The predicted molar refractivity (Wildman–Crippen MR) is 117 cm³/mol. The van der Waals surface area contributed by atoms with Crippen molar-refractivity contribution < 1.29 is 18.8 Å². The van der Waals surface area contributed by atoms with Crippen LogP contribution in [-0.4, -0.2) is 45.1 Å². The average molecular weight is 438 g/mol. The fraction of sp³-hybridized carbons (Fsp3) is 0.440. The minimum Gasteiger partial charge on any atom is -0.340 e. The van der Waals surface area contributed by atoms with Gasteiger partial charge >= 0.3 is 0 Å². The van der Waals surface area contributed by atoms with Crippen LogP contribution in [0, 0.1) is 5.82 Å². The van der Waals surface area contributed by atoms with Crippen LogP contribution in [0.3, 0.4) is 0 Å². The third kappa shape index (κ3) is 4.16. The van der Waals surface area contributed by atoms with Crippen molar-refractivity contribution in [3.63, 3.8) is 0 Å². The van der Waals surface area contributed by atoms with Gasteiger partial charge < -0.3 is 4.90 Å². The Hall–Kier alpha value is -3.09. The summed E-state index contributed by atoms with van der Waals surface area (Å²) >= 11 is 0. The van der Waals surface area contributed by atoms with Crippen molar-refractivity contribution in [2.75, 3.05) is 6.54 Å². The van der Waals surface area contributed by atoms with E-state index in [1.165, 1.54) is 23.1 Å². The van der Waals surface area contributed by atoms with Crippen molar-refractivity contribution in [3.05, 3.63) is 65.7 Å². The molecule has 0 aliphatic carbocycles. The largest absolute Gasteiger partial charge is 0.340 e. The van der Waals surface area contributed by atoms with Gasteiger partial charge in [0, 0.05) is 37.8 Å². The predicted octanol–water partition coefficient (Wildman–Crippen LogP) is 3.60. The van der Waals surface area contributed by atoms with Crippen LogP contribution in [0.25, 0.3) is 0 Å². The minimum absolute atomic E-state index is 0.0814. The maximum absolute atomic E-state index is 14.2. The lowest BCUT2D eigenvalue weighted by atomic mass is 9.75. The first-order chi connectivity index (χ1) is 15.4.